The van der Waals surface area contributed by atoms with Gasteiger partial charge in [0.2, 0.25) is 11.0 Å². The molecule has 0 unspecified atom stereocenters. The minimum atomic E-state index is -0.389. The quantitative estimate of drug-likeness (QED) is 0.720. The molecule has 1 aliphatic heterocycles. The zero-order valence-corrected chi connectivity index (χ0v) is 14.6. The van der Waals surface area contributed by atoms with Crippen LogP contribution in [-0.4, -0.2) is 28.5 Å². The summed E-state index contributed by atoms with van der Waals surface area (Å²) < 4.78 is 11.4. The van der Waals surface area contributed by atoms with Crippen molar-refractivity contribution < 1.29 is 9.47 Å². The number of thioether (sulfide) groups is 1. The van der Waals surface area contributed by atoms with Crippen molar-refractivity contribution in [1.82, 2.24) is 15.2 Å². The van der Waals surface area contributed by atoms with E-state index < -0.39 is 0 Å². The molecule has 0 spiro atoms. The highest BCUT2D eigenvalue weighted by Crippen LogP contribution is 2.39. The highest BCUT2D eigenvalue weighted by atomic mass is 32.2. The topological polar surface area (TPSA) is 69.2 Å². The molecule has 1 aromatic heterocycles. The molecule has 7 heteroatoms. The maximum Gasteiger partial charge on any atom is 0.247 e. The van der Waals surface area contributed by atoms with E-state index in [0.717, 1.165) is 22.6 Å². The van der Waals surface area contributed by atoms with Crippen LogP contribution in [0.5, 0.6) is 11.6 Å². The molecule has 2 heterocycles. The fourth-order valence-corrected chi connectivity index (χ4v) is 2.96. The van der Waals surface area contributed by atoms with Crippen molar-refractivity contribution in [2.45, 2.75) is 11.4 Å². The molecule has 25 heavy (non-hydrogen) atoms. The third kappa shape index (κ3) is 2.98. The van der Waals surface area contributed by atoms with Crippen molar-refractivity contribution in [3.8, 4) is 22.9 Å². The van der Waals surface area contributed by atoms with Crippen molar-refractivity contribution in [3.63, 3.8) is 0 Å². The van der Waals surface area contributed by atoms with Crippen molar-refractivity contribution in [1.29, 1.82) is 0 Å². The van der Waals surface area contributed by atoms with Crippen molar-refractivity contribution in [2.75, 3.05) is 18.7 Å². The van der Waals surface area contributed by atoms with Crippen LogP contribution in [0.25, 0.3) is 11.3 Å². The molecule has 1 N–H and O–H groups in total. The van der Waals surface area contributed by atoms with E-state index in [1.165, 1.54) is 11.8 Å². The van der Waals surface area contributed by atoms with E-state index in [1.54, 1.807) is 7.11 Å². The monoisotopic (exact) mass is 352 g/mol. The van der Waals surface area contributed by atoms with Gasteiger partial charge < -0.3 is 14.8 Å². The summed E-state index contributed by atoms with van der Waals surface area (Å²) in [6, 6.07) is 15.7. The minimum absolute atomic E-state index is 0.389. The predicted molar refractivity (Wildman–Crippen MR) is 97.0 cm³/mol. The summed E-state index contributed by atoms with van der Waals surface area (Å²) in [6.07, 6.45) is 1.52. The molecule has 0 amide bonds. The molecule has 0 aliphatic carbocycles. The lowest BCUT2D eigenvalue weighted by atomic mass is 10.1. The van der Waals surface area contributed by atoms with E-state index in [9.17, 15) is 0 Å². The largest absolute Gasteiger partial charge is 0.497 e. The summed E-state index contributed by atoms with van der Waals surface area (Å²) in [6.45, 7) is 0. The van der Waals surface area contributed by atoms with Gasteiger partial charge in [0.15, 0.2) is 11.9 Å². The Kier molecular flexibility index (Phi) is 4.15. The van der Waals surface area contributed by atoms with Crippen LogP contribution >= 0.6 is 11.8 Å². The van der Waals surface area contributed by atoms with Crippen LogP contribution in [0.2, 0.25) is 0 Å². The van der Waals surface area contributed by atoms with Crippen LogP contribution in [0.3, 0.4) is 0 Å². The molecule has 4 rings (SSSR count). The highest BCUT2D eigenvalue weighted by Gasteiger charge is 2.25. The van der Waals surface area contributed by atoms with Crippen LogP contribution in [-0.2, 0) is 0 Å². The summed E-state index contributed by atoms with van der Waals surface area (Å²) in [5, 5.41) is 12.5. The molecule has 0 saturated carbocycles. The molecule has 0 fully saturated rings. The van der Waals surface area contributed by atoms with Crippen LogP contribution < -0.4 is 14.8 Å². The van der Waals surface area contributed by atoms with Gasteiger partial charge in [-0.2, -0.15) is 4.98 Å². The van der Waals surface area contributed by atoms with Crippen molar-refractivity contribution in [2.24, 2.45) is 0 Å². The number of nitrogens with one attached hydrogen (secondary N) is 1. The van der Waals surface area contributed by atoms with Crippen LogP contribution in [0.1, 0.15) is 11.8 Å². The Morgan fingerprint density at radius 1 is 1.08 bits per heavy atom. The lowest BCUT2D eigenvalue weighted by Gasteiger charge is -2.19. The maximum absolute atomic E-state index is 6.16. The number of benzene rings is 2. The van der Waals surface area contributed by atoms with Gasteiger partial charge >= 0.3 is 0 Å². The Balaban J connectivity index is 1.81. The van der Waals surface area contributed by atoms with Gasteiger partial charge in [-0.25, -0.2) is 0 Å². The standard InChI is InChI=1S/C18H16N4O2S/c1-23-12-9-7-11(8-10-12)16-19-14-6-4-3-5-13(14)15-17(24-16)20-18(25-2)22-21-15/h3-10,16,19H,1-2H3/t16-/m1/s1. The average Bonchev–Trinajstić information content (AvgIpc) is 2.84. The van der Waals surface area contributed by atoms with E-state index in [4.69, 9.17) is 9.47 Å². The van der Waals surface area contributed by atoms with Gasteiger partial charge in [-0.1, -0.05) is 30.0 Å². The van der Waals surface area contributed by atoms with E-state index in [1.807, 2.05) is 54.8 Å². The second-order valence-electron chi connectivity index (χ2n) is 5.41. The fraction of sp³-hybridized carbons (Fsp3) is 0.167. The first-order chi connectivity index (χ1) is 12.3. The first kappa shape index (κ1) is 15.7. The number of rotatable bonds is 3. The number of nitrogens with zero attached hydrogens (tertiary/aromatic N) is 3. The molecular formula is C18H16N4O2S. The number of hydrogen-bond acceptors (Lipinski definition) is 7. The van der Waals surface area contributed by atoms with Crippen LogP contribution in [0.15, 0.2) is 53.7 Å². The number of aromatic nitrogens is 3. The van der Waals surface area contributed by atoms with Gasteiger partial charge in [0.25, 0.3) is 0 Å². The maximum atomic E-state index is 6.16. The third-order valence-corrected chi connectivity index (χ3v) is 4.47. The first-order valence-electron chi connectivity index (χ1n) is 7.74. The number of para-hydroxylation sites is 1. The lowest BCUT2D eigenvalue weighted by molar-refractivity contribution is 0.225. The molecule has 0 bridgehead atoms. The molecule has 126 valence electrons. The fourth-order valence-electron chi connectivity index (χ4n) is 2.66. The summed E-state index contributed by atoms with van der Waals surface area (Å²) in [7, 11) is 1.65. The minimum Gasteiger partial charge on any atom is -0.497 e. The highest BCUT2D eigenvalue weighted by molar-refractivity contribution is 7.98. The normalized spacial score (nSPS) is 15.2. The molecule has 1 aliphatic rings. The summed E-state index contributed by atoms with van der Waals surface area (Å²) in [5.74, 6) is 1.27. The molecule has 2 aromatic carbocycles. The molecule has 1 atom stereocenters. The van der Waals surface area contributed by atoms with Gasteiger partial charge in [0.05, 0.1) is 7.11 Å². The molecule has 0 radical (unpaired) electrons. The van der Waals surface area contributed by atoms with Gasteiger partial charge in [0.1, 0.15) is 5.75 Å². The Morgan fingerprint density at radius 2 is 1.88 bits per heavy atom. The lowest BCUT2D eigenvalue weighted by Crippen LogP contribution is -2.17. The average molecular weight is 352 g/mol. The van der Waals surface area contributed by atoms with Gasteiger partial charge in [-0.05, 0) is 36.6 Å². The van der Waals surface area contributed by atoms with Crippen molar-refractivity contribution >= 4 is 17.4 Å². The molecular weight excluding hydrogens is 336 g/mol. The van der Waals surface area contributed by atoms with Crippen LogP contribution in [0, 0.1) is 0 Å². The third-order valence-electron chi connectivity index (χ3n) is 3.93. The Hall–Kier alpha value is -2.80. The van der Waals surface area contributed by atoms with Gasteiger partial charge in [-0.15, -0.1) is 10.2 Å². The van der Waals surface area contributed by atoms with Crippen molar-refractivity contribution in [3.05, 3.63) is 54.1 Å². The predicted octanol–water partition coefficient (Wildman–Crippen LogP) is 3.77. The summed E-state index contributed by atoms with van der Waals surface area (Å²) in [5.41, 5.74) is 3.45. The zero-order chi connectivity index (χ0) is 17.2. The molecule has 3 aromatic rings. The second kappa shape index (κ2) is 6.60. The van der Waals surface area contributed by atoms with E-state index in [-0.39, 0.29) is 6.23 Å². The summed E-state index contributed by atoms with van der Waals surface area (Å²) in [4.78, 5) is 4.50. The Bertz CT molecular complexity index is 902. The number of anilines is 1. The van der Waals surface area contributed by atoms with E-state index in [2.05, 4.69) is 20.5 Å². The van der Waals surface area contributed by atoms with Gasteiger partial charge in [0, 0.05) is 16.8 Å². The zero-order valence-electron chi connectivity index (χ0n) is 13.8. The van der Waals surface area contributed by atoms with E-state index in [0.29, 0.717) is 16.7 Å². The number of hydrogen-bond donors (Lipinski definition) is 1. The SMILES string of the molecule is COc1ccc([C@@H]2Nc3ccccc3-c3nnc(SC)nc3O2)cc1. The summed E-state index contributed by atoms with van der Waals surface area (Å²) >= 11 is 1.43. The number of methoxy groups -OCH3 is 1. The molecule has 0 saturated heterocycles. The first-order valence-corrected chi connectivity index (χ1v) is 8.96. The Morgan fingerprint density at radius 3 is 2.64 bits per heavy atom. The number of ether oxygens (including phenoxy) is 2. The number of fused-ring (bicyclic) bond motifs is 3. The van der Waals surface area contributed by atoms with Crippen LogP contribution in [0.4, 0.5) is 5.69 Å². The van der Waals surface area contributed by atoms with Gasteiger partial charge in [-0.3, -0.25) is 0 Å². The van der Waals surface area contributed by atoms with E-state index >= 15 is 0 Å². The second-order valence-corrected chi connectivity index (χ2v) is 6.19. The molecule has 6 nitrogen and oxygen atoms in total. The smallest absolute Gasteiger partial charge is 0.247 e. The Labute approximate surface area is 149 Å².